The smallest absolute Gasteiger partial charge is 0.343 e. The van der Waals surface area contributed by atoms with Crippen LogP contribution in [0.5, 0.6) is 0 Å². The Morgan fingerprint density at radius 1 is 1.50 bits per heavy atom. The highest BCUT2D eigenvalue weighted by atomic mass is 16.2. The zero-order valence-electron chi connectivity index (χ0n) is 8.34. The highest BCUT2D eigenvalue weighted by molar-refractivity contribution is 6.05. The maximum absolute atomic E-state index is 11.1. The van der Waals surface area contributed by atoms with Gasteiger partial charge in [-0.2, -0.15) is 4.99 Å². The van der Waals surface area contributed by atoms with Crippen LogP contribution >= 0.6 is 0 Å². The lowest BCUT2D eigenvalue weighted by Crippen LogP contribution is -2.56. The predicted molar refractivity (Wildman–Crippen MR) is 54.2 cm³/mol. The summed E-state index contributed by atoms with van der Waals surface area (Å²) in [6.45, 7) is 3.94. The summed E-state index contributed by atoms with van der Waals surface area (Å²) < 4.78 is 0. The van der Waals surface area contributed by atoms with Crippen LogP contribution in [-0.2, 0) is 0 Å². The van der Waals surface area contributed by atoms with Crippen molar-refractivity contribution < 1.29 is 4.79 Å². The second-order valence-electron chi connectivity index (χ2n) is 4.15. The second kappa shape index (κ2) is 3.24. The highest BCUT2D eigenvalue weighted by Gasteiger charge is 2.43. The topological polar surface area (TPSA) is 79.5 Å². The van der Waals surface area contributed by atoms with Crippen LogP contribution < -0.4 is 16.4 Å². The van der Waals surface area contributed by atoms with Crippen molar-refractivity contribution in [2.45, 2.75) is 25.3 Å². The molecule has 0 saturated carbocycles. The van der Waals surface area contributed by atoms with Crippen molar-refractivity contribution in [3.8, 4) is 0 Å². The normalized spacial score (nSPS) is 34.1. The first kappa shape index (κ1) is 9.45. The van der Waals surface area contributed by atoms with E-state index < -0.39 is 5.54 Å². The number of amides is 2. The van der Waals surface area contributed by atoms with Gasteiger partial charge in [-0.15, -0.1) is 0 Å². The van der Waals surface area contributed by atoms with Crippen molar-refractivity contribution in [1.29, 1.82) is 0 Å². The second-order valence-corrected chi connectivity index (χ2v) is 4.15. The van der Waals surface area contributed by atoms with Crippen LogP contribution in [0.1, 0.15) is 19.8 Å². The molecule has 78 valence electrons. The first-order valence-corrected chi connectivity index (χ1v) is 5.00. The summed E-state index contributed by atoms with van der Waals surface area (Å²) in [5.74, 6) is 0.841. The number of carbonyl (C=O) groups excluding carboxylic acids is 1. The molecule has 0 bridgehead atoms. The lowest BCUT2D eigenvalue weighted by atomic mass is 9.79. The summed E-state index contributed by atoms with van der Waals surface area (Å²) in [6.07, 6.45) is 2.07. The van der Waals surface area contributed by atoms with Gasteiger partial charge in [-0.1, -0.05) is 0 Å². The van der Waals surface area contributed by atoms with Gasteiger partial charge in [0.25, 0.3) is 0 Å². The summed E-state index contributed by atoms with van der Waals surface area (Å²) in [7, 11) is 0. The molecule has 14 heavy (non-hydrogen) atoms. The molecule has 0 aromatic heterocycles. The molecule has 4 N–H and O–H groups in total. The Balaban J connectivity index is 2.15. The minimum Gasteiger partial charge on any atom is -0.385 e. The minimum absolute atomic E-state index is 0.302. The minimum atomic E-state index is -0.417. The van der Waals surface area contributed by atoms with Crippen LogP contribution in [0.4, 0.5) is 4.79 Å². The van der Waals surface area contributed by atoms with E-state index in [4.69, 9.17) is 5.73 Å². The van der Waals surface area contributed by atoms with Crippen LogP contribution in [0.15, 0.2) is 4.99 Å². The highest BCUT2D eigenvalue weighted by Crippen LogP contribution is 2.28. The van der Waals surface area contributed by atoms with Gasteiger partial charge in [0.15, 0.2) is 0 Å². The maximum atomic E-state index is 11.1. The molecule has 1 atom stereocenters. The molecule has 0 aliphatic carbocycles. The molecule has 1 fully saturated rings. The fourth-order valence-electron chi connectivity index (χ4n) is 2.25. The first-order chi connectivity index (χ1) is 6.63. The number of aliphatic imine (C=N–C) groups is 1. The Morgan fingerprint density at radius 3 is 2.64 bits per heavy atom. The van der Waals surface area contributed by atoms with Crippen molar-refractivity contribution in [1.82, 2.24) is 10.6 Å². The summed E-state index contributed by atoms with van der Waals surface area (Å²) in [5.41, 5.74) is 5.36. The average molecular weight is 196 g/mol. The van der Waals surface area contributed by atoms with E-state index in [9.17, 15) is 4.79 Å². The maximum Gasteiger partial charge on any atom is 0.343 e. The molecular formula is C9H16N4O. The summed E-state index contributed by atoms with van der Waals surface area (Å²) >= 11 is 0. The van der Waals surface area contributed by atoms with Gasteiger partial charge in [-0.05, 0) is 38.8 Å². The molecule has 1 unspecified atom stereocenters. The van der Waals surface area contributed by atoms with Gasteiger partial charge in [0, 0.05) is 0 Å². The average Bonchev–Trinajstić information content (AvgIpc) is 2.43. The first-order valence-electron chi connectivity index (χ1n) is 5.00. The largest absolute Gasteiger partial charge is 0.385 e. The van der Waals surface area contributed by atoms with E-state index in [2.05, 4.69) is 15.6 Å². The zero-order valence-corrected chi connectivity index (χ0v) is 8.34. The van der Waals surface area contributed by atoms with E-state index in [1.807, 2.05) is 6.92 Å². The molecule has 2 aliphatic rings. The number of rotatable bonds is 1. The van der Waals surface area contributed by atoms with E-state index in [1.165, 1.54) is 0 Å². The number of hydrogen-bond donors (Lipinski definition) is 3. The molecule has 0 radical (unpaired) electrons. The summed E-state index contributed by atoms with van der Waals surface area (Å²) in [4.78, 5) is 14.9. The SMILES string of the molecule is CC1(C2CCNCC2)NC(=O)N=C1N. The molecule has 0 aromatic carbocycles. The fourth-order valence-corrected chi connectivity index (χ4v) is 2.25. The number of piperidine rings is 1. The van der Waals surface area contributed by atoms with Crippen LogP contribution in [-0.4, -0.2) is 30.5 Å². The van der Waals surface area contributed by atoms with Gasteiger partial charge in [0.1, 0.15) is 5.84 Å². The van der Waals surface area contributed by atoms with Crippen LogP contribution in [0.25, 0.3) is 0 Å². The Bertz CT molecular complexity index is 283. The number of nitrogens with one attached hydrogen (secondary N) is 2. The van der Waals surface area contributed by atoms with Crippen LogP contribution in [0.2, 0.25) is 0 Å². The van der Waals surface area contributed by atoms with Crippen molar-refractivity contribution in [3.05, 3.63) is 0 Å². The monoisotopic (exact) mass is 196 g/mol. The quantitative estimate of drug-likeness (QED) is 0.544. The third kappa shape index (κ3) is 1.37. The number of urea groups is 1. The van der Waals surface area contributed by atoms with Crippen molar-refractivity contribution >= 4 is 11.9 Å². The van der Waals surface area contributed by atoms with E-state index in [0.29, 0.717) is 11.8 Å². The molecule has 0 spiro atoms. The van der Waals surface area contributed by atoms with E-state index >= 15 is 0 Å². The Kier molecular flexibility index (Phi) is 2.19. The molecular weight excluding hydrogens is 180 g/mol. The molecule has 0 aromatic rings. The van der Waals surface area contributed by atoms with Gasteiger partial charge in [-0.25, -0.2) is 4.79 Å². The predicted octanol–water partition coefficient (Wildman–Crippen LogP) is -0.175. The van der Waals surface area contributed by atoms with Gasteiger partial charge in [0.05, 0.1) is 5.54 Å². The zero-order chi connectivity index (χ0) is 10.2. The Morgan fingerprint density at radius 2 is 2.14 bits per heavy atom. The van der Waals surface area contributed by atoms with E-state index in [-0.39, 0.29) is 6.03 Å². The van der Waals surface area contributed by atoms with Crippen LogP contribution in [0, 0.1) is 5.92 Å². The number of amidine groups is 1. The molecule has 1 saturated heterocycles. The van der Waals surface area contributed by atoms with Gasteiger partial charge in [0.2, 0.25) is 0 Å². The molecule has 2 rings (SSSR count). The Labute approximate surface area is 83.1 Å². The number of hydrogen-bond acceptors (Lipinski definition) is 3. The molecule has 2 amide bonds. The lowest BCUT2D eigenvalue weighted by molar-refractivity contribution is 0.227. The third-order valence-electron chi connectivity index (χ3n) is 3.28. The van der Waals surface area contributed by atoms with E-state index in [1.54, 1.807) is 0 Å². The molecule has 2 aliphatic heterocycles. The Hall–Kier alpha value is -1.10. The third-order valence-corrected chi connectivity index (χ3v) is 3.28. The molecule has 2 heterocycles. The lowest BCUT2D eigenvalue weighted by Gasteiger charge is -2.36. The number of carbonyl (C=O) groups is 1. The van der Waals surface area contributed by atoms with Gasteiger partial charge >= 0.3 is 6.03 Å². The van der Waals surface area contributed by atoms with E-state index in [0.717, 1.165) is 25.9 Å². The van der Waals surface area contributed by atoms with Gasteiger partial charge < -0.3 is 16.4 Å². The standard InChI is InChI=1S/C9H16N4O/c1-9(6-2-4-11-5-3-6)7(10)12-8(14)13-9/h6,11H,2-5H2,1H3,(H3,10,12,13,14). The number of nitrogens with zero attached hydrogens (tertiary/aromatic N) is 1. The van der Waals surface area contributed by atoms with Gasteiger partial charge in [-0.3, -0.25) is 0 Å². The summed E-state index contributed by atoms with van der Waals surface area (Å²) in [6, 6.07) is -0.302. The summed E-state index contributed by atoms with van der Waals surface area (Å²) in [5, 5.41) is 6.14. The number of nitrogens with two attached hydrogens (primary N) is 1. The molecule has 5 heteroatoms. The van der Waals surface area contributed by atoms with Crippen molar-refractivity contribution in [2.75, 3.05) is 13.1 Å². The van der Waals surface area contributed by atoms with Crippen LogP contribution in [0.3, 0.4) is 0 Å². The molecule has 5 nitrogen and oxygen atoms in total. The van der Waals surface area contributed by atoms with Crippen molar-refractivity contribution in [3.63, 3.8) is 0 Å². The fraction of sp³-hybridized carbons (Fsp3) is 0.778. The van der Waals surface area contributed by atoms with Crippen molar-refractivity contribution in [2.24, 2.45) is 16.6 Å².